The van der Waals surface area contributed by atoms with Crippen molar-refractivity contribution in [2.45, 2.75) is 131 Å². The van der Waals surface area contributed by atoms with E-state index in [9.17, 15) is 24.0 Å². The Balaban J connectivity index is 2.49. The molecule has 0 aliphatic carbocycles. The van der Waals surface area contributed by atoms with Crippen molar-refractivity contribution in [2.75, 3.05) is 6.54 Å². The Kier molecular flexibility index (Phi) is 16.3. The van der Waals surface area contributed by atoms with Crippen molar-refractivity contribution in [3.63, 3.8) is 0 Å². The van der Waals surface area contributed by atoms with Crippen LogP contribution < -0.4 is 5.32 Å². The van der Waals surface area contributed by atoms with Gasteiger partial charge in [0.2, 0.25) is 5.96 Å². The molecule has 0 fully saturated rings. The summed E-state index contributed by atoms with van der Waals surface area (Å²) in [6.07, 6.45) is -3.78. The molecule has 0 heterocycles. The fourth-order valence-corrected chi connectivity index (χ4v) is 4.47. The molecule has 2 aromatic rings. The number of rotatable bonds is 11. The molecule has 0 saturated heterocycles. The number of ether oxygens (including phenoxy) is 5. The summed E-state index contributed by atoms with van der Waals surface area (Å²) in [4.78, 5) is 73.2. The fraction of sp³-hybridized carbons (Fsp3) is 0.538. The van der Waals surface area contributed by atoms with Crippen LogP contribution in [-0.4, -0.2) is 81.5 Å². The summed E-state index contributed by atoms with van der Waals surface area (Å²) in [6, 6.07) is 16.2. The maximum absolute atomic E-state index is 13.9. The van der Waals surface area contributed by atoms with Crippen LogP contribution in [0.15, 0.2) is 65.7 Å². The van der Waals surface area contributed by atoms with E-state index in [-0.39, 0.29) is 32.6 Å². The molecule has 0 spiro atoms. The van der Waals surface area contributed by atoms with Gasteiger partial charge >= 0.3 is 30.3 Å². The molecule has 0 saturated carbocycles. The highest BCUT2D eigenvalue weighted by atomic mass is 16.6. The average molecular weight is 741 g/mol. The highest BCUT2D eigenvalue weighted by molar-refractivity contribution is 6.05. The zero-order valence-corrected chi connectivity index (χ0v) is 32.9. The van der Waals surface area contributed by atoms with E-state index in [1.807, 2.05) is 12.1 Å². The largest absolute Gasteiger partial charge is 0.459 e. The first-order valence-corrected chi connectivity index (χ1v) is 17.6. The molecule has 0 bridgehead atoms. The number of benzene rings is 2. The van der Waals surface area contributed by atoms with E-state index in [2.05, 4.69) is 10.3 Å². The molecule has 0 unspecified atom stereocenters. The van der Waals surface area contributed by atoms with Crippen LogP contribution >= 0.6 is 0 Å². The lowest BCUT2D eigenvalue weighted by atomic mass is 10.1. The number of alkyl carbamates (subject to hydrolysis) is 1. The van der Waals surface area contributed by atoms with Crippen LogP contribution in [0, 0.1) is 0 Å². The smallest absolute Gasteiger partial charge is 0.437 e. The minimum absolute atomic E-state index is 0.0247. The predicted molar refractivity (Wildman–Crippen MR) is 199 cm³/mol. The zero-order valence-electron chi connectivity index (χ0n) is 32.9. The van der Waals surface area contributed by atoms with E-state index in [1.165, 1.54) is 0 Å². The minimum atomic E-state index is -1.21. The van der Waals surface area contributed by atoms with Gasteiger partial charge in [-0.05, 0) is 100 Å². The van der Waals surface area contributed by atoms with E-state index < -0.39 is 65.2 Å². The van der Waals surface area contributed by atoms with Gasteiger partial charge in [0.25, 0.3) is 0 Å². The second-order valence-electron chi connectivity index (χ2n) is 15.5. The van der Waals surface area contributed by atoms with Crippen LogP contribution in [0.2, 0.25) is 0 Å². The molecule has 14 nitrogen and oxygen atoms in total. The second-order valence-corrected chi connectivity index (χ2v) is 15.5. The van der Waals surface area contributed by atoms with Gasteiger partial charge in [-0.2, -0.15) is 0 Å². The van der Waals surface area contributed by atoms with Crippen molar-refractivity contribution in [2.24, 2.45) is 4.99 Å². The van der Waals surface area contributed by atoms with Crippen molar-refractivity contribution < 1.29 is 47.7 Å². The van der Waals surface area contributed by atoms with Gasteiger partial charge in [0.15, 0.2) is 0 Å². The maximum atomic E-state index is 13.9. The highest BCUT2D eigenvalue weighted by Crippen LogP contribution is 2.20. The van der Waals surface area contributed by atoms with Gasteiger partial charge in [-0.1, -0.05) is 60.7 Å². The average Bonchev–Trinajstić information content (AvgIpc) is 3.02. The molecule has 292 valence electrons. The topological polar surface area (TPSA) is 162 Å². The number of esters is 1. The summed E-state index contributed by atoms with van der Waals surface area (Å²) in [5, 5.41) is 2.58. The van der Waals surface area contributed by atoms with Crippen LogP contribution in [-0.2, 0) is 41.7 Å². The second kappa shape index (κ2) is 19.6. The molecule has 2 aromatic carbocycles. The predicted octanol–water partition coefficient (Wildman–Crippen LogP) is 7.98. The first-order valence-electron chi connectivity index (χ1n) is 17.6. The molecule has 1 atom stereocenters. The van der Waals surface area contributed by atoms with Gasteiger partial charge in [0, 0.05) is 12.6 Å². The Bertz CT molecular complexity index is 1540. The molecule has 4 amide bonds. The molecule has 14 heteroatoms. The van der Waals surface area contributed by atoms with E-state index >= 15 is 0 Å². The number of carbonyl (C=O) groups is 5. The lowest BCUT2D eigenvalue weighted by Crippen LogP contribution is -2.55. The van der Waals surface area contributed by atoms with E-state index in [1.54, 1.807) is 125 Å². The van der Waals surface area contributed by atoms with Crippen LogP contribution in [0.1, 0.15) is 100 Å². The summed E-state index contributed by atoms with van der Waals surface area (Å²) in [5.41, 5.74) is -1.40. The standard InChI is InChI=1S/C39H56N4O10/c1-27(2)43(36(48)53-39(9,10)11)32(41-34(46)51-37(3,4)5)42(35(47)52-38(6,7)8)24-18-23-30(31(44)49-25-28-19-14-12-15-20-28)40-33(45)50-26-29-21-16-13-17-22-29/h12-17,19-22,27,30H,18,23-26H2,1-11H3,(H,40,45)/b41-32+/t30-/m0/s1. The molecule has 2 rings (SSSR count). The normalized spacial score (nSPS) is 12.6. The van der Waals surface area contributed by atoms with Crippen LogP contribution in [0.3, 0.4) is 0 Å². The van der Waals surface area contributed by atoms with Crippen molar-refractivity contribution in [1.29, 1.82) is 0 Å². The number of amides is 4. The SMILES string of the molecule is CC(C)N(C(=O)OC(C)(C)C)/C(=N/C(=O)OC(C)(C)C)N(CCC[C@H](NC(=O)OCc1ccccc1)C(=O)OCc1ccccc1)C(=O)OC(C)(C)C. The molecule has 1 N–H and O–H groups in total. The molecular weight excluding hydrogens is 684 g/mol. The van der Waals surface area contributed by atoms with Crippen molar-refractivity contribution in [3.05, 3.63) is 71.8 Å². The summed E-state index contributed by atoms with van der Waals surface area (Å²) in [5.74, 6) is -1.15. The number of nitrogens with one attached hydrogen (secondary N) is 1. The van der Waals surface area contributed by atoms with Gasteiger partial charge in [-0.3, -0.25) is 0 Å². The Morgan fingerprint density at radius 3 is 1.62 bits per heavy atom. The number of hydrogen-bond acceptors (Lipinski definition) is 10. The zero-order chi connectivity index (χ0) is 40.0. The summed E-state index contributed by atoms with van der Waals surface area (Å²) >= 11 is 0. The summed E-state index contributed by atoms with van der Waals surface area (Å²) < 4.78 is 27.7. The van der Waals surface area contributed by atoms with Gasteiger partial charge < -0.3 is 29.0 Å². The van der Waals surface area contributed by atoms with Crippen molar-refractivity contribution in [1.82, 2.24) is 15.1 Å². The summed E-state index contributed by atoms with van der Waals surface area (Å²) in [7, 11) is 0. The van der Waals surface area contributed by atoms with Crippen LogP contribution in [0.5, 0.6) is 0 Å². The lowest BCUT2D eigenvalue weighted by molar-refractivity contribution is -0.147. The van der Waals surface area contributed by atoms with E-state index in [0.717, 1.165) is 20.9 Å². The lowest BCUT2D eigenvalue weighted by Gasteiger charge is -2.36. The number of nitrogens with zero attached hydrogens (tertiary/aromatic N) is 3. The Morgan fingerprint density at radius 2 is 1.15 bits per heavy atom. The molecule has 0 aliphatic heterocycles. The number of hydrogen-bond donors (Lipinski definition) is 1. The summed E-state index contributed by atoms with van der Waals surface area (Å²) in [6.45, 7) is 17.9. The Hall–Kier alpha value is -5.14. The first kappa shape index (κ1) is 44.0. The van der Waals surface area contributed by atoms with Crippen LogP contribution in [0.4, 0.5) is 19.2 Å². The van der Waals surface area contributed by atoms with Gasteiger partial charge in [-0.25, -0.2) is 33.8 Å². The molecule has 0 radical (unpaired) electrons. The number of aliphatic imine (C=N–C) groups is 1. The molecule has 0 aliphatic rings. The van der Waals surface area contributed by atoms with Crippen molar-refractivity contribution >= 4 is 36.3 Å². The van der Waals surface area contributed by atoms with Crippen LogP contribution in [0.25, 0.3) is 0 Å². The fourth-order valence-electron chi connectivity index (χ4n) is 4.47. The van der Waals surface area contributed by atoms with Gasteiger partial charge in [0.1, 0.15) is 36.1 Å². The first-order chi connectivity index (χ1) is 24.5. The van der Waals surface area contributed by atoms with Gasteiger partial charge in [-0.15, -0.1) is 4.99 Å². The third-order valence-corrected chi connectivity index (χ3v) is 6.65. The molecular formula is C39H56N4O10. The minimum Gasteiger partial charge on any atom is -0.459 e. The molecule has 53 heavy (non-hydrogen) atoms. The third-order valence-electron chi connectivity index (χ3n) is 6.65. The Labute approximate surface area is 313 Å². The maximum Gasteiger partial charge on any atom is 0.437 e. The van der Waals surface area contributed by atoms with E-state index in [0.29, 0.717) is 0 Å². The number of carbonyl (C=O) groups excluding carboxylic acids is 5. The van der Waals surface area contributed by atoms with Gasteiger partial charge in [0.05, 0.1) is 0 Å². The third kappa shape index (κ3) is 17.3. The quantitative estimate of drug-likeness (QED) is 0.103. The highest BCUT2D eigenvalue weighted by Gasteiger charge is 2.37. The Morgan fingerprint density at radius 1 is 0.679 bits per heavy atom. The molecule has 0 aromatic heterocycles. The number of guanidine groups is 1. The van der Waals surface area contributed by atoms with Crippen molar-refractivity contribution in [3.8, 4) is 0 Å². The van der Waals surface area contributed by atoms with E-state index in [4.69, 9.17) is 23.7 Å². The monoisotopic (exact) mass is 740 g/mol.